The number of hydrogen-bond acceptors (Lipinski definition) is 4. The molecule has 1 atom stereocenters. The molecule has 0 spiro atoms. The van der Waals surface area contributed by atoms with Crippen LogP contribution in [0.15, 0.2) is 18.2 Å². The van der Waals surface area contributed by atoms with Crippen molar-refractivity contribution >= 4 is 24.4 Å². The lowest BCUT2D eigenvalue weighted by atomic mass is 9.76. The smallest absolute Gasteiger partial charge is 0.444 e. The van der Waals surface area contributed by atoms with E-state index in [0.29, 0.717) is 6.54 Å². The molecule has 23 heavy (non-hydrogen) atoms. The molecule has 0 saturated carbocycles. The summed E-state index contributed by atoms with van der Waals surface area (Å²) in [4.78, 5) is 13.5. The van der Waals surface area contributed by atoms with Gasteiger partial charge < -0.3 is 14.0 Å². The van der Waals surface area contributed by atoms with E-state index >= 15 is 0 Å². The minimum atomic E-state index is -0.390. The molecule has 3 rings (SSSR count). The molecule has 0 N–H and O–H groups in total. The first kappa shape index (κ1) is 16.3. The molecule has 0 unspecified atom stereocenters. The zero-order valence-electron chi connectivity index (χ0n) is 14.7. The lowest BCUT2D eigenvalue weighted by Crippen LogP contribution is -2.41. The fourth-order valence-electron chi connectivity index (χ4n) is 2.88. The van der Waals surface area contributed by atoms with Gasteiger partial charge in [0, 0.05) is 5.69 Å². The van der Waals surface area contributed by atoms with Crippen LogP contribution in [0, 0.1) is 6.92 Å². The largest absolute Gasteiger partial charge is 0.495 e. The van der Waals surface area contributed by atoms with E-state index in [-0.39, 0.29) is 23.4 Å². The minimum Gasteiger partial charge on any atom is -0.444 e. The third kappa shape index (κ3) is 2.74. The van der Waals surface area contributed by atoms with Gasteiger partial charge in [0.25, 0.3) is 0 Å². The Morgan fingerprint density at radius 3 is 2.26 bits per heavy atom. The summed E-state index contributed by atoms with van der Waals surface area (Å²) in [5, 5.41) is 0. The van der Waals surface area contributed by atoms with Crippen molar-refractivity contribution < 1.29 is 18.8 Å². The van der Waals surface area contributed by atoms with E-state index in [1.807, 2.05) is 59.7 Å². The second-order valence-corrected chi connectivity index (χ2v) is 7.43. The average molecular weight is 317 g/mol. The lowest BCUT2D eigenvalue weighted by molar-refractivity contribution is 0.00578. The molecular weight excluding hydrogens is 293 g/mol. The normalized spacial score (nSPS) is 25.8. The molecule has 2 aliphatic heterocycles. The molecule has 0 aromatic heterocycles. The van der Waals surface area contributed by atoms with Crippen molar-refractivity contribution in [3.63, 3.8) is 0 Å². The van der Waals surface area contributed by atoms with Crippen molar-refractivity contribution in [2.75, 3.05) is 11.4 Å². The van der Waals surface area contributed by atoms with Gasteiger partial charge in [0.2, 0.25) is 0 Å². The van der Waals surface area contributed by atoms with Gasteiger partial charge in [-0.3, -0.25) is 4.90 Å². The third-order valence-electron chi connectivity index (χ3n) is 5.03. The number of amides is 1. The summed E-state index contributed by atoms with van der Waals surface area (Å²) in [7, 11) is -0.390. The fraction of sp³-hybridized carbons (Fsp3) is 0.588. The van der Waals surface area contributed by atoms with E-state index in [1.54, 1.807) is 4.90 Å². The summed E-state index contributed by atoms with van der Waals surface area (Å²) in [6.45, 7) is 12.6. The summed E-state index contributed by atoms with van der Waals surface area (Å²) in [6.07, 6.45) is -0.370. The van der Waals surface area contributed by atoms with E-state index in [9.17, 15) is 4.79 Å². The molecule has 6 heteroatoms. The van der Waals surface area contributed by atoms with Gasteiger partial charge in [-0.2, -0.15) is 0 Å². The maximum Gasteiger partial charge on any atom is 0.495 e. The summed E-state index contributed by atoms with van der Waals surface area (Å²) >= 11 is 0. The van der Waals surface area contributed by atoms with Gasteiger partial charge in [0.15, 0.2) is 0 Å². The van der Waals surface area contributed by atoms with E-state index in [0.717, 1.165) is 16.7 Å². The summed E-state index contributed by atoms with van der Waals surface area (Å²) in [5.41, 5.74) is 2.15. The van der Waals surface area contributed by atoms with Crippen LogP contribution in [-0.4, -0.2) is 37.1 Å². The van der Waals surface area contributed by atoms with Gasteiger partial charge in [-0.15, -0.1) is 0 Å². The van der Waals surface area contributed by atoms with Crippen LogP contribution in [0.25, 0.3) is 0 Å². The molecule has 124 valence electrons. The number of cyclic esters (lactones) is 1. The highest BCUT2D eigenvalue weighted by molar-refractivity contribution is 6.62. The van der Waals surface area contributed by atoms with Gasteiger partial charge in [-0.1, -0.05) is 6.07 Å². The topological polar surface area (TPSA) is 48.0 Å². The zero-order chi connectivity index (χ0) is 17.0. The van der Waals surface area contributed by atoms with E-state index < -0.39 is 7.12 Å². The SMILES string of the molecule is Cc1cc(N2C[C@H](C)OC2=O)ccc1B1OC(C)(C)C(C)(C)O1. The summed E-state index contributed by atoms with van der Waals surface area (Å²) in [5.74, 6) is 0. The molecule has 0 aliphatic carbocycles. The molecule has 1 amide bonds. The summed E-state index contributed by atoms with van der Waals surface area (Å²) in [6, 6.07) is 5.88. The number of aryl methyl sites for hydroxylation is 1. The molecule has 2 saturated heterocycles. The van der Waals surface area contributed by atoms with Crippen LogP contribution in [0.4, 0.5) is 10.5 Å². The number of anilines is 1. The lowest BCUT2D eigenvalue weighted by Gasteiger charge is -2.32. The Morgan fingerprint density at radius 1 is 1.17 bits per heavy atom. The van der Waals surface area contributed by atoms with Crippen LogP contribution in [-0.2, 0) is 14.0 Å². The Balaban J connectivity index is 1.85. The molecule has 5 nitrogen and oxygen atoms in total. The predicted octanol–water partition coefficient (Wildman–Crippen LogP) is 2.64. The molecule has 2 heterocycles. The Kier molecular flexibility index (Phi) is 3.73. The molecule has 0 radical (unpaired) electrons. The first-order chi connectivity index (χ1) is 10.6. The molecule has 1 aromatic rings. The molecule has 1 aromatic carbocycles. The van der Waals surface area contributed by atoms with Gasteiger partial charge in [0.05, 0.1) is 17.7 Å². The van der Waals surface area contributed by atoms with Gasteiger partial charge >= 0.3 is 13.2 Å². The van der Waals surface area contributed by atoms with Crippen LogP contribution in [0.5, 0.6) is 0 Å². The average Bonchev–Trinajstić information content (AvgIpc) is 2.85. The van der Waals surface area contributed by atoms with E-state index in [1.165, 1.54) is 0 Å². The van der Waals surface area contributed by atoms with Crippen LogP contribution >= 0.6 is 0 Å². The van der Waals surface area contributed by atoms with Gasteiger partial charge in [-0.25, -0.2) is 4.79 Å². The Morgan fingerprint density at radius 2 is 1.78 bits per heavy atom. The predicted molar refractivity (Wildman–Crippen MR) is 90.2 cm³/mol. The second kappa shape index (κ2) is 5.25. The maximum atomic E-state index is 11.9. The van der Waals surface area contributed by atoms with Crippen molar-refractivity contribution in [1.29, 1.82) is 0 Å². The molecular formula is C17H24BNO4. The van der Waals surface area contributed by atoms with Crippen LogP contribution in [0.2, 0.25) is 0 Å². The standard InChI is InChI=1S/C17H24BNO4/c1-11-9-13(19-10-12(2)21-15(19)20)7-8-14(11)18-22-16(3,4)17(5,6)23-18/h7-9,12H,10H2,1-6H3/t12-/m0/s1. The number of carbonyl (C=O) groups is 1. The van der Waals surface area contributed by atoms with Crippen molar-refractivity contribution in [3.8, 4) is 0 Å². The highest BCUT2D eigenvalue weighted by Gasteiger charge is 2.52. The number of hydrogen-bond donors (Lipinski definition) is 0. The highest BCUT2D eigenvalue weighted by Crippen LogP contribution is 2.37. The third-order valence-corrected chi connectivity index (χ3v) is 5.03. The minimum absolute atomic E-state index is 0.0782. The van der Waals surface area contributed by atoms with Gasteiger partial charge in [-0.05, 0) is 64.7 Å². The van der Waals surface area contributed by atoms with Crippen LogP contribution in [0.1, 0.15) is 40.2 Å². The fourth-order valence-corrected chi connectivity index (χ4v) is 2.88. The number of rotatable bonds is 2. The van der Waals surface area contributed by atoms with Crippen molar-refractivity contribution in [2.45, 2.75) is 58.8 Å². The van der Waals surface area contributed by atoms with E-state index in [2.05, 4.69) is 0 Å². The number of nitrogens with zero attached hydrogens (tertiary/aromatic N) is 1. The monoisotopic (exact) mass is 317 g/mol. The number of carbonyl (C=O) groups excluding carboxylic acids is 1. The second-order valence-electron chi connectivity index (χ2n) is 7.43. The Bertz CT molecular complexity index is 627. The molecule has 0 bridgehead atoms. The zero-order valence-corrected chi connectivity index (χ0v) is 14.7. The maximum absolute atomic E-state index is 11.9. The van der Waals surface area contributed by atoms with Crippen molar-refractivity contribution in [2.24, 2.45) is 0 Å². The van der Waals surface area contributed by atoms with Gasteiger partial charge in [0.1, 0.15) is 6.10 Å². The Hall–Kier alpha value is -1.53. The first-order valence-corrected chi connectivity index (χ1v) is 8.05. The Labute approximate surface area is 138 Å². The van der Waals surface area contributed by atoms with Crippen molar-refractivity contribution in [3.05, 3.63) is 23.8 Å². The number of ether oxygens (including phenoxy) is 1. The quantitative estimate of drug-likeness (QED) is 0.787. The summed E-state index contributed by atoms with van der Waals surface area (Å²) < 4.78 is 17.4. The molecule has 2 fully saturated rings. The van der Waals surface area contributed by atoms with E-state index in [4.69, 9.17) is 14.0 Å². The molecule has 2 aliphatic rings. The van der Waals surface area contributed by atoms with Crippen LogP contribution in [0.3, 0.4) is 0 Å². The number of benzene rings is 1. The van der Waals surface area contributed by atoms with Crippen molar-refractivity contribution in [1.82, 2.24) is 0 Å². The van der Waals surface area contributed by atoms with Crippen LogP contribution < -0.4 is 10.4 Å². The highest BCUT2D eigenvalue weighted by atomic mass is 16.7. The first-order valence-electron chi connectivity index (χ1n) is 8.05.